The Morgan fingerprint density at radius 1 is 1.12 bits per heavy atom. The van der Waals surface area contributed by atoms with Crippen LogP contribution in [-0.2, 0) is 0 Å². The lowest BCUT2D eigenvalue weighted by Gasteiger charge is -2.16. The number of hydrogen-bond donors (Lipinski definition) is 1. The monoisotopic (exact) mass is 340 g/mol. The molecular formula is C19H20N2O4. The maximum atomic E-state index is 12.7. The van der Waals surface area contributed by atoms with E-state index in [-0.39, 0.29) is 12.0 Å². The van der Waals surface area contributed by atoms with E-state index in [0.717, 1.165) is 0 Å². The molecule has 0 radical (unpaired) electrons. The molecule has 0 unspecified atom stereocenters. The molecule has 1 amide bonds. The first-order valence-corrected chi connectivity index (χ1v) is 7.73. The van der Waals surface area contributed by atoms with E-state index in [2.05, 4.69) is 11.4 Å². The maximum absolute atomic E-state index is 12.7. The number of amides is 1. The van der Waals surface area contributed by atoms with Gasteiger partial charge in [-0.3, -0.25) is 4.79 Å². The first-order chi connectivity index (χ1) is 12.0. The number of para-hydroxylation sites is 1. The van der Waals surface area contributed by atoms with Gasteiger partial charge in [0.2, 0.25) is 0 Å². The number of methoxy groups -OCH3 is 2. The number of nitriles is 1. The molecule has 0 saturated heterocycles. The molecule has 0 aromatic heterocycles. The number of carbonyl (C=O) groups is 1. The first-order valence-electron chi connectivity index (χ1n) is 7.73. The van der Waals surface area contributed by atoms with Crippen LogP contribution >= 0.6 is 0 Å². The van der Waals surface area contributed by atoms with Crippen LogP contribution in [0.5, 0.6) is 17.2 Å². The molecule has 0 fully saturated rings. The number of anilines is 1. The van der Waals surface area contributed by atoms with Gasteiger partial charge in [-0.1, -0.05) is 6.07 Å². The quantitative estimate of drug-likeness (QED) is 0.869. The molecule has 1 N–H and O–H groups in total. The second-order valence-electron chi connectivity index (χ2n) is 5.48. The summed E-state index contributed by atoms with van der Waals surface area (Å²) in [5, 5.41) is 11.9. The number of nitrogens with zero attached hydrogens (tertiary/aromatic N) is 1. The molecule has 0 aliphatic rings. The number of rotatable bonds is 6. The van der Waals surface area contributed by atoms with Gasteiger partial charge in [0.15, 0.2) is 11.5 Å². The number of carbonyl (C=O) groups excluding carboxylic acids is 1. The van der Waals surface area contributed by atoms with E-state index < -0.39 is 0 Å². The minimum Gasteiger partial charge on any atom is -0.493 e. The molecule has 0 aliphatic carbocycles. The Labute approximate surface area is 146 Å². The maximum Gasteiger partial charge on any atom is 0.259 e. The van der Waals surface area contributed by atoms with Crippen LogP contribution < -0.4 is 19.5 Å². The van der Waals surface area contributed by atoms with Crippen molar-refractivity contribution in [1.82, 2.24) is 0 Å². The predicted octanol–water partition coefficient (Wildman–Crippen LogP) is 3.61. The van der Waals surface area contributed by atoms with Crippen molar-refractivity contribution in [2.75, 3.05) is 19.5 Å². The average Bonchev–Trinajstić information content (AvgIpc) is 2.61. The Morgan fingerprint density at radius 3 is 2.48 bits per heavy atom. The van der Waals surface area contributed by atoms with Gasteiger partial charge < -0.3 is 19.5 Å². The van der Waals surface area contributed by atoms with Crippen LogP contribution in [0.2, 0.25) is 0 Å². The van der Waals surface area contributed by atoms with Gasteiger partial charge in [-0.15, -0.1) is 0 Å². The highest BCUT2D eigenvalue weighted by atomic mass is 16.5. The summed E-state index contributed by atoms with van der Waals surface area (Å²) in [5.41, 5.74) is 1.16. The fraction of sp³-hybridized carbons (Fsp3) is 0.263. The Bertz CT molecular complexity index is 810. The van der Waals surface area contributed by atoms with Crippen molar-refractivity contribution in [3.05, 3.63) is 47.5 Å². The van der Waals surface area contributed by atoms with Crippen molar-refractivity contribution in [3.63, 3.8) is 0 Å². The van der Waals surface area contributed by atoms with Crippen molar-refractivity contribution in [2.45, 2.75) is 20.0 Å². The Morgan fingerprint density at radius 2 is 1.88 bits per heavy atom. The van der Waals surface area contributed by atoms with Gasteiger partial charge in [0.1, 0.15) is 5.75 Å². The highest BCUT2D eigenvalue weighted by Crippen LogP contribution is 2.32. The summed E-state index contributed by atoms with van der Waals surface area (Å²) >= 11 is 0. The Kier molecular flexibility index (Phi) is 5.85. The van der Waals surface area contributed by atoms with Gasteiger partial charge in [-0.05, 0) is 44.2 Å². The Balaban J connectivity index is 2.39. The summed E-state index contributed by atoms with van der Waals surface area (Å²) in [6, 6.07) is 12.0. The third kappa shape index (κ3) is 4.21. The van der Waals surface area contributed by atoms with Crippen LogP contribution in [0.4, 0.5) is 5.69 Å². The summed E-state index contributed by atoms with van der Waals surface area (Å²) in [6.45, 7) is 3.77. The minimum atomic E-state index is -0.389. The number of nitrogens with one attached hydrogen (secondary N) is 1. The molecule has 2 aromatic rings. The van der Waals surface area contributed by atoms with Crippen LogP contribution in [-0.4, -0.2) is 26.2 Å². The standard InChI is InChI=1S/C19H20N2O4/c1-12(2)25-16-9-8-13(11-20)10-15(16)21-19(22)14-6-5-7-17(23-3)18(14)24-4/h5-10,12H,1-4H3,(H,21,22). The summed E-state index contributed by atoms with van der Waals surface area (Å²) in [5.74, 6) is 0.897. The van der Waals surface area contributed by atoms with E-state index in [1.807, 2.05) is 13.8 Å². The lowest BCUT2D eigenvalue weighted by Crippen LogP contribution is -2.16. The smallest absolute Gasteiger partial charge is 0.259 e. The molecule has 0 aliphatic heterocycles. The molecule has 25 heavy (non-hydrogen) atoms. The number of hydrogen-bond acceptors (Lipinski definition) is 5. The van der Waals surface area contributed by atoms with Crippen LogP contribution in [0.3, 0.4) is 0 Å². The van der Waals surface area contributed by atoms with Crippen molar-refractivity contribution in [3.8, 4) is 23.3 Å². The molecule has 0 atom stereocenters. The van der Waals surface area contributed by atoms with E-state index in [4.69, 9.17) is 19.5 Å². The fourth-order valence-electron chi connectivity index (χ4n) is 2.31. The van der Waals surface area contributed by atoms with Crippen molar-refractivity contribution >= 4 is 11.6 Å². The molecule has 2 rings (SSSR count). The molecule has 6 nitrogen and oxygen atoms in total. The lowest BCUT2D eigenvalue weighted by molar-refractivity contribution is 0.102. The van der Waals surface area contributed by atoms with E-state index in [0.29, 0.717) is 34.1 Å². The van der Waals surface area contributed by atoms with E-state index in [9.17, 15) is 4.79 Å². The van der Waals surface area contributed by atoms with Gasteiger partial charge in [0.05, 0.1) is 43.2 Å². The summed E-state index contributed by atoms with van der Waals surface area (Å²) in [7, 11) is 2.97. The van der Waals surface area contributed by atoms with Gasteiger partial charge in [0, 0.05) is 0 Å². The van der Waals surface area contributed by atoms with Gasteiger partial charge in [-0.25, -0.2) is 0 Å². The zero-order valence-corrected chi connectivity index (χ0v) is 14.6. The molecule has 130 valence electrons. The third-order valence-corrected chi connectivity index (χ3v) is 3.37. The molecular weight excluding hydrogens is 320 g/mol. The average molecular weight is 340 g/mol. The fourth-order valence-corrected chi connectivity index (χ4v) is 2.31. The summed E-state index contributed by atoms with van der Waals surface area (Å²) in [6.07, 6.45) is -0.0741. The van der Waals surface area contributed by atoms with E-state index >= 15 is 0 Å². The van der Waals surface area contributed by atoms with Crippen LogP contribution in [0, 0.1) is 11.3 Å². The van der Waals surface area contributed by atoms with Crippen LogP contribution in [0.15, 0.2) is 36.4 Å². The zero-order valence-electron chi connectivity index (χ0n) is 14.6. The lowest BCUT2D eigenvalue weighted by atomic mass is 10.1. The first kappa shape index (κ1) is 18.1. The predicted molar refractivity (Wildman–Crippen MR) is 94.4 cm³/mol. The largest absolute Gasteiger partial charge is 0.493 e. The van der Waals surface area contributed by atoms with Gasteiger partial charge >= 0.3 is 0 Å². The second kappa shape index (κ2) is 8.06. The molecule has 0 bridgehead atoms. The summed E-state index contributed by atoms with van der Waals surface area (Å²) < 4.78 is 16.2. The van der Waals surface area contributed by atoms with Gasteiger partial charge in [-0.2, -0.15) is 5.26 Å². The molecule has 0 saturated carbocycles. The van der Waals surface area contributed by atoms with Gasteiger partial charge in [0.25, 0.3) is 5.91 Å². The second-order valence-corrected chi connectivity index (χ2v) is 5.48. The third-order valence-electron chi connectivity index (χ3n) is 3.37. The topological polar surface area (TPSA) is 80.6 Å². The molecule has 0 heterocycles. The minimum absolute atomic E-state index is 0.0741. The normalized spacial score (nSPS) is 10.1. The van der Waals surface area contributed by atoms with Crippen LogP contribution in [0.1, 0.15) is 29.8 Å². The Hall–Kier alpha value is -3.20. The van der Waals surface area contributed by atoms with Crippen LogP contribution in [0.25, 0.3) is 0 Å². The molecule has 2 aromatic carbocycles. The van der Waals surface area contributed by atoms with E-state index in [1.165, 1.54) is 14.2 Å². The highest BCUT2D eigenvalue weighted by Gasteiger charge is 2.18. The van der Waals surface area contributed by atoms with Crippen molar-refractivity contribution in [2.24, 2.45) is 0 Å². The SMILES string of the molecule is COc1cccc(C(=O)Nc2cc(C#N)ccc2OC(C)C)c1OC. The summed E-state index contributed by atoms with van der Waals surface area (Å²) in [4.78, 5) is 12.7. The molecule has 6 heteroatoms. The number of benzene rings is 2. The van der Waals surface area contributed by atoms with Crippen molar-refractivity contribution < 1.29 is 19.0 Å². The molecule has 0 spiro atoms. The van der Waals surface area contributed by atoms with Crippen molar-refractivity contribution in [1.29, 1.82) is 5.26 Å². The highest BCUT2D eigenvalue weighted by molar-refractivity contribution is 6.07. The number of ether oxygens (including phenoxy) is 3. The zero-order chi connectivity index (χ0) is 18.4. The van der Waals surface area contributed by atoms with E-state index in [1.54, 1.807) is 36.4 Å².